The topological polar surface area (TPSA) is 83.5 Å². The van der Waals surface area contributed by atoms with Gasteiger partial charge < -0.3 is 10.4 Å². The summed E-state index contributed by atoms with van der Waals surface area (Å²) in [6.07, 6.45) is 0. The van der Waals surface area contributed by atoms with Crippen LogP contribution in [0.25, 0.3) is 0 Å². The smallest absolute Gasteiger partial charge is 0.327 e. The number of carbonyl (C=O) groups is 2. The summed E-state index contributed by atoms with van der Waals surface area (Å²) in [5.74, 6) is -1.85. The van der Waals surface area contributed by atoms with Crippen LogP contribution in [-0.4, -0.2) is 33.0 Å². The van der Waals surface area contributed by atoms with E-state index in [0.29, 0.717) is 15.6 Å². The highest BCUT2D eigenvalue weighted by Gasteiger charge is 2.21. The van der Waals surface area contributed by atoms with Gasteiger partial charge in [-0.15, -0.1) is 0 Å². The summed E-state index contributed by atoms with van der Waals surface area (Å²) >= 11 is 11.8. The third-order valence-corrected chi connectivity index (χ3v) is 4.29. The molecular formula is C12H13Cl2NO4S. The first kappa shape index (κ1) is 16.9. The number of carboxylic acid groups (broad SMARTS) is 1. The van der Waals surface area contributed by atoms with Gasteiger partial charge in [-0.25, -0.2) is 4.79 Å². The minimum Gasteiger partial charge on any atom is -0.480 e. The maximum absolute atomic E-state index is 12.0. The third kappa shape index (κ3) is 5.48. The highest BCUT2D eigenvalue weighted by Crippen LogP contribution is 2.22. The number of carboxylic acids is 1. The molecule has 8 heteroatoms. The van der Waals surface area contributed by atoms with Gasteiger partial charge in [-0.3, -0.25) is 9.00 Å². The predicted octanol–water partition coefficient (Wildman–Crippen LogP) is 1.83. The van der Waals surface area contributed by atoms with Crippen LogP contribution in [0.15, 0.2) is 18.2 Å². The van der Waals surface area contributed by atoms with Gasteiger partial charge in [0.15, 0.2) is 0 Å². The first-order valence-corrected chi connectivity index (χ1v) is 7.82. The average molecular weight is 338 g/mol. The molecule has 0 aliphatic rings. The van der Waals surface area contributed by atoms with E-state index in [4.69, 9.17) is 28.3 Å². The van der Waals surface area contributed by atoms with Crippen molar-refractivity contribution in [2.45, 2.75) is 18.7 Å². The predicted molar refractivity (Wildman–Crippen MR) is 78.4 cm³/mol. The summed E-state index contributed by atoms with van der Waals surface area (Å²) in [6.45, 7) is 1.20. The molecule has 0 saturated heterocycles. The zero-order chi connectivity index (χ0) is 15.3. The molecule has 0 aliphatic carbocycles. The second kappa shape index (κ2) is 7.61. The Morgan fingerprint density at radius 1 is 1.40 bits per heavy atom. The Morgan fingerprint density at radius 2 is 2.05 bits per heavy atom. The van der Waals surface area contributed by atoms with Crippen molar-refractivity contribution in [1.82, 2.24) is 5.32 Å². The summed E-state index contributed by atoms with van der Waals surface area (Å²) in [7, 11) is -1.50. The molecular weight excluding hydrogens is 325 g/mol. The first-order valence-electron chi connectivity index (χ1n) is 5.58. The van der Waals surface area contributed by atoms with Crippen LogP contribution in [-0.2, 0) is 26.1 Å². The number of nitrogens with one attached hydrogen (secondary N) is 1. The van der Waals surface area contributed by atoms with E-state index in [2.05, 4.69) is 5.32 Å². The highest BCUT2D eigenvalue weighted by atomic mass is 35.5. The van der Waals surface area contributed by atoms with Crippen LogP contribution >= 0.6 is 23.2 Å². The monoisotopic (exact) mass is 337 g/mol. The van der Waals surface area contributed by atoms with Gasteiger partial charge in [-0.2, -0.15) is 0 Å². The Bertz CT molecular complexity index is 550. The molecule has 2 atom stereocenters. The zero-order valence-electron chi connectivity index (χ0n) is 10.6. The van der Waals surface area contributed by atoms with E-state index < -0.39 is 28.7 Å². The van der Waals surface area contributed by atoms with Gasteiger partial charge in [0.25, 0.3) is 0 Å². The lowest BCUT2D eigenvalue weighted by Crippen LogP contribution is -2.43. The summed E-state index contributed by atoms with van der Waals surface area (Å²) in [6, 6.07) is 3.58. The zero-order valence-corrected chi connectivity index (χ0v) is 12.9. The first-order chi connectivity index (χ1) is 9.29. The van der Waals surface area contributed by atoms with Crippen molar-refractivity contribution in [3.63, 3.8) is 0 Å². The Hall–Kier alpha value is -1.11. The molecule has 1 amide bonds. The molecule has 110 valence electrons. The second-order valence-corrected chi connectivity index (χ2v) is 6.42. The Labute approximate surface area is 128 Å². The Kier molecular flexibility index (Phi) is 6.45. The summed E-state index contributed by atoms with van der Waals surface area (Å²) in [5.41, 5.74) is 0.574. The van der Waals surface area contributed by atoms with E-state index in [9.17, 15) is 13.8 Å². The normalized spacial score (nSPS) is 13.6. The van der Waals surface area contributed by atoms with Crippen LogP contribution in [0, 0.1) is 0 Å². The van der Waals surface area contributed by atoms with E-state index in [1.807, 2.05) is 0 Å². The van der Waals surface area contributed by atoms with Crippen molar-refractivity contribution in [2.24, 2.45) is 0 Å². The molecule has 0 radical (unpaired) electrons. The summed E-state index contributed by atoms with van der Waals surface area (Å²) in [4.78, 5) is 21.8. The van der Waals surface area contributed by atoms with Gasteiger partial charge in [0.2, 0.25) is 5.91 Å². The van der Waals surface area contributed by atoms with Crippen molar-refractivity contribution in [3.8, 4) is 0 Å². The molecule has 20 heavy (non-hydrogen) atoms. The van der Waals surface area contributed by atoms with Gasteiger partial charge in [-0.1, -0.05) is 23.2 Å². The molecule has 1 unspecified atom stereocenters. The molecule has 0 aromatic heterocycles. The average Bonchev–Trinajstić information content (AvgIpc) is 2.32. The number of aliphatic carboxylic acids is 1. The van der Waals surface area contributed by atoms with E-state index in [1.54, 1.807) is 18.2 Å². The van der Waals surface area contributed by atoms with Crippen LogP contribution in [0.1, 0.15) is 12.5 Å². The van der Waals surface area contributed by atoms with Gasteiger partial charge >= 0.3 is 5.97 Å². The minimum atomic E-state index is -1.50. The van der Waals surface area contributed by atoms with Crippen LogP contribution in [0.5, 0.6) is 0 Å². The van der Waals surface area contributed by atoms with Crippen LogP contribution in [0.2, 0.25) is 10.0 Å². The fourth-order valence-electron chi connectivity index (χ4n) is 1.49. The van der Waals surface area contributed by atoms with Gasteiger partial charge in [-0.05, 0) is 23.8 Å². The second-order valence-electron chi connectivity index (χ2n) is 4.08. The molecule has 5 nitrogen and oxygen atoms in total. The molecule has 1 aromatic rings. The number of amides is 1. The van der Waals surface area contributed by atoms with Crippen molar-refractivity contribution in [1.29, 1.82) is 0 Å². The molecule has 0 spiro atoms. The van der Waals surface area contributed by atoms with Crippen molar-refractivity contribution < 1.29 is 18.9 Å². The van der Waals surface area contributed by atoms with Crippen molar-refractivity contribution >= 4 is 45.9 Å². The lowest BCUT2D eigenvalue weighted by Gasteiger charge is -2.13. The molecule has 1 aromatic carbocycles. The molecule has 0 heterocycles. The van der Waals surface area contributed by atoms with E-state index in [-0.39, 0.29) is 11.5 Å². The van der Waals surface area contributed by atoms with Gasteiger partial charge in [0.05, 0.1) is 11.5 Å². The maximum atomic E-state index is 12.0. The van der Waals surface area contributed by atoms with E-state index >= 15 is 0 Å². The van der Waals surface area contributed by atoms with E-state index in [0.717, 1.165) is 0 Å². The molecule has 0 aliphatic heterocycles. The van der Waals surface area contributed by atoms with Gasteiger partial charge in [0, 0.05) is 27.8 Å². The standard InChI is InChI=1S/C12H13Cl2NO4S/c1-7(16)15-11(12(17)18)6-20(19)5-8-4-9(13)2-3-10(8)14/h2-4,11H,5-6H2,1H3,(H,15,16)(H,17,18)/t11-,20?/m0/s1. The van der Waals surface area contributed by atoms with Crippen molar-refractivity contribution in [2.75, 3.05) is 5.75 Å². The number of hydrogen-bond donors (Lipinski definition) is 2. The molecule has 1 rings (SSSR count). The lowest BCUT2D eigenvalue weighted by molar-refractivity contribution is -0.140. The molecule has 0 saturated carbocycles. The maximum Gasteiger partial charge on any atom is 0.327 e. The number of hydrogen-bond acceptors (Lipinski definition) is 3. The molecule has 2 N–H and O–H groups in total. The van der Waals surface area contributed by atoms with E-state index in [1.165, 1.54) is 6.92 Å². The minimum absolute atomic E-state index is 0.0722. The quantitative estimate of drug-likeness (QED) is 0.829. The van der Waals surface area contributed by atoms with Crippen molar-refractivity contribution in [3.05, 3.63) is 33.8 Å². The SMILES string of the molecule is CC(=O)N[C@@H](CS(=O)Cc1cc(Cl)ccc1Cl)C(=O)O. The molecule has 0 bridgehead atoms. The van der Waals surface area contributed by atoms with Crippen LogP contribution in [0.4, 0.5) is 0 Å². The number of halogens is 2. The number of carbonyl (C=O) groups excluding carboxylic acids is 1. The highest BCUT2D eigenvalue weighted by molar-refractivity contribution is 7.84. The molecule has 0 fully saturated rings. The van der Waals surface area contributed by atoms with Crippen LogP contribution < -0.4 is 5.32 Å². The fraction of sp³-hybridized carbons (Fsp3) is 0.333. The fourth-order valence-corrected chi connectivity index (χ4v) is 3.25. The largest absolute Gasteiger partial charge is 0.480 e. The summed E-state index contributed by atoms with van der Waals surface area (Å²) < 4.78 is 12.0. The van der Waals surface area contributed by atoms with Gasteiger partial charge in [0.1, 0.15) is 6.04 Å². The lowest BCUT2D eigenvalue weighted by atomic mass is 10.2. The third-order valence-electron chi connectivity index (χ3n) is 2.35. The Balaban J connectivity index is 2.72. The summed E-state index contributed by atoms with van der Waals surface area (Å²) in [5, 5.41) is 12.0. The number of rotatable bonds is 6. The van der Waals surface area contributed by atoms with Crippen LogP contribution in [0.3, 0.4) is 0 Å². The Morgan fingerprint density at radius 3 is 2.60 bits per heavy atom. The number of benzene rings is 1.